The molecule has 6 nitrogen and oxygen atoms in total. The third kappa shape index (κ3) is 4.82. The molecule has 3 heterocycles. The fourth-order valence-electron chi connectivity index (χ4n) is 6.98. The van der Waals surface area contributed by atoms with Crippen molar-refractivity contribution in [2.75, 3.05) is 37.6 Å². The first kappa shape index (κ1) is 25.0. The molecule has 2 aliphatic heterocycles. The number of anilines is 1. The van der Waals surface area contributed by atoms with Crippen molar-refractivity contribution >= 4 is 26.6 Å². The lowest BCUT2D eigenvalue weighted by molar-refractivity contribution is 0.233. The van der Waals surface area contributed by atoms with E-state index in [4.69, 9.17) is 5.14 Å². The van der Waals surface area contributed by atoms with E-state index in [0.717, 1.165) is 31.7 Å². The Bertz CT molecular complexity index is 1400. The third-order valence-corrected chi connectivity index (χ3v) is 9.81. The Balaban J connectivity index is 1.50. The Hall–Kier alpha value is -2.35. The maximum absolute atomic E-state index is 12.3. The van der Waals surface area contributed by atoms with E-state index in [-0.39, 0.29) is 4.90 Å². The van der Waals surface area contributed by atoms with Crippen LogP contribution >= 0.6 is 0 Å². The second-order valence-corrected chi connectivity index (χ2v) is 12.9. The summed E-state index contributed by atoms with van der Waals surface area (Å²) >= 11 is 0. The Morgan fingerprint density at radius 3 is 2.38 bits per heavy atom. The Labute approximate surface area is 221 Å². The molecule has 0 unspecified atom stereocenters. The molecule has 198 valence electrons. The number of nitrogens with two attached hydrogens (primary N) is 1. The van der Waals surface area contributed by atoms with Gasteiger partial charge in [-0.05, 0) is 80.9 Å². The van der Waals surface area contributed by atoms with Crippen molar-refractivity contribution in [3.8, 4) is 11.3 Å². The van der Waals surface area contributed by atoms with Crippen molar-refractivity contribution in [2.24, 2.45) is 5.14 Å². The normalized spacial score (nSPS) is 19.6. The lowest BCUT2D eigenvalue weighted by atomic mass is 9.81. The molecule has 0 spiro atoms. The van der Waals surface area contributed by atoms with Crippen molar-refractivity contribution < 1.29 is 8.42 Å². The molecule has 2 N–H and O–H groups in total. The van der Waals surface area contributed by atoms with Crippen LogP contribution in [0.15, 0.2) is 41.3 Å². The lowest BCUT2D eigenvalue weighted by Crippen LogP contribution is -2.38. The molecule has 1 aromatic heterocycles. The number of aromatic nitrogens is 1. The Kier molecular flexibility index (Phi) is 6.80. The molecule has 6 rings (SSSR count). The number of aryl methyl sites for hydroxylation is 1. The summed E-state index contributed by atoms with van der Waals surface area (Å²) in [6.45, 7) is 8.45. The second-order valence-electron chi connectivity index (χ2n) is 11.4. The maximum atomic E-state index is 12.3. The summed E-state index contributed by atoms with van der Waals surface area (Å²) in [5.41, 5.74) is 7.61. The molecule has 3 aliphatic rings. The van der Waals surface area contributed by atoms with Gasteiger partial charge in [0.25, 0.3) is 0 Å². The van der Waals surface area contributed by atoms with Crippen LogP contribution in [0.25, 0.3) is 22.2 Å². The minimum atomic E-state index is -3.77. The number of benzene rings is 2. The molecule has 1 aliphatic carbocycles. The maximum Gasteiger partial charge on any atom is 0.238 e. The number of likely N-dealkylation sites (tertiary alicyclic amines) is 1. The zero-order valence-electron chi connectivity index (χ0n) is 22.1. The number of nitrogens with zero attached hydrogens (tertiary/aromatic N) is 3. The van der Waals surface area contributed by atoms with Crippen LogP contribution in [0.2, 0.25) is 0 Å². The van der Waals surface area contributed by atoms with Gasteiger partial charge < -0.3 is 14.4 Å². The standard InChI is InChI=1S/C30H40N4O2S/c1-22-10-12-26-27(20-22)33(17-16-32-14-6-3-7-15-32)18-19-34-28-21-24(37(31,35)36)11-13-25(28)29(30(26)34)23-8-4-2-5-9-23/h10-13,20-21,23H,2-9,14-19H2,1H3,(H2,31,35,36). The van der Waals surface area contributed by atoms with Crippen LogP contribution in [-0.2, 0) is 16.6 Å². The van der Waals surface area contributed by atoms with Crippen LogP contribution < -0.4 is 10.0 Å². The lowest BCUT2D eigenvalue weighted by Gasteiger charge is -2.31. The zero-order valence-corrected chi connectivity index (χ0v) is 22.9. The van der Waals surface area contributed by atoms with Crippen LogP contribution in [0.5, 0.6) is 0 Å². The number of hydrogen-bond acceptors (Lipinski definition) is 4. The van der Waals surface area contributed by atoms with Crippen molar-refractivity contribution in [2.45, 2.75) is 75.6 Å². The van der Waals surface area contributed by atoms with Gasteiger partial charge in [-0.25, -0.2) is 13.6 Å². The molecular weight excluding hydrogens is 480 g/mol. The van der Waals surface area contributed by atoms with Crippen LogP contribution in [-0.4, -0.2) is 50.6 Å². The predicted octanol–water partition coefficient (Wildman–Crippen LogP) is 5.62. The van der Waals surface area contributed by atoms with E-state index in [0.29, 0.717) is 5.92 Å². The van der Waals surface area contributed by atoms with Gasteiger partial charge in [0.05, 0.1) is 16.1 Å². The highest BCUT2D eigenvalue weighted by Crippen LogP contribution is 2.47. The summed E-state index contributed by atoms with van der Waals surface area (Å²) in [5.74, 6) is 0.502. The van der Waals surface area contributed by atoms with E-state index in [1.54, 1.807) is 6.07 Å². The molecular formula is C30H40N4O2S. The minimum Gasteiger partial charge on any atom is -0.368 e. The molecule has 0 atom stereocenters. The summed E-state index contributed by atoms with van der Waals surface area (Å²) in [5, 5.41) is 6.78. The van der Waals surface area contributed by atoms with Crippen molar-refractivity contribution in [1.29, 1.82) is 0 Å². The first-order valence-electron chi connectivity index (χ1n) is 14.2. The molecule has 7 heteroatoms. The van der Waals surface area contributed by atoms with Gasteiger partial charge >= 0.3 is 0 Å². The average molecular weight is 521 g/mol. The molecule has 0 radical (unpaired) electrons. The molecule has 1 saturated heterocycles. The first-order valence-corrected chi connectivity index (χ1v) is 15.7. The van der Waals surface area contributed by atoms with E-state index in [2.05, 4.69) is 39.5 Å². The van der Waals surface area contributed by atoms with E-state index in [9.17, 15) is 8.42 Å². The van der Waals surface area contributed by atoms with Gasteiger partial charge in [0.2, 0.25) is 10.0 Å². The average Bonchev–Trinajstić information content (AvgIpc) is 3.14. The Morgan fingerprint density at radius 2 is 1.62 bits per heavy atom. The van der Waals surface area contributed by atoms with Gasteiger partial charge in [-0.15, -0.1) is 0 Å². The number of sulfonamides is 1. The number of rotatable bonds is 5. The second kappa shape index (κ2) is 10.1. The summed E-state index contributed by atoms with van der Waals surface area (Å²) in [7, 11) is -3.77. The highest BCUT2D eigenvalue weighted by atomic mass is 32.2. The molecule has 1 saturated carbocycles. The van der Waals surface area contributed by atoms with E-state index in [1.807, 2.05) is 12.1 Å². The smallest absolute Gasteiger partial charge is 0.238 e. The van der Waals surface area contributed by atoms with E-state index >= 15 is 0 Å². The van der Waals surface area contributed by atoms with Gasteiger partial charge in [0.1, 0.15) is 0 Å². The molecule has 37 heavy (non-hydrogen) atoms. The molecule has 3 aromatic rings. The van der Waals surface area contributed by atoms with E-state index in [1.165, 1.54) is 97.9 Å². The third-order valence-electron chi connectivity index (χ3n) is 8.89. The van der Waals surface area contributed by atoms with Gasteiger partial charge in [-0.3, -0.25) is 0 Å². The first-order chi connectivity index (χ1) is 17.9. The fourth-order valence-corrected chi connectivity index (χ4v) is 7.52. The number of primary sulfonamides is 1. The van der Waals surface area contributed by atoms with Gasteiger partial charge in [0, 0.05) is 42.8 Å². The topological polar surface area (TPSA) is 71.6 Å². The fraction of sp³-hybridized carbons (Fsp3) is 0.533. The van der Waals surface area contributed by atoms with Crippen molar-refractivity contribution in [3.63, 3.8) is 0 Å². The summed E-state index contributed by atoms with van der Waals surface area (Å²) in [4.78, 5) is 5.39. The largest absolute Gasteiger partial charge is 0.368 e. The highest BCUT2D eigenvalue weighted by Gasteiger charge is 2.31. The minimum absolute atomic E-state index is 0.200. The molecule has 2 aromatic carbocycles. The van der Waals surface area contributed by atoms with Crippen molar-refractivity contribution in [3.05, 3.63) is 47.5 Å². The van der Waals surface area contributed by atoms with Crippen molar-refractivity contribution in [1.82, 2.24) is 9.47 Å². The quantitative estimate of drug-likeness (QED) is 0.474. The van der Waals surface area contributed by atoms with Crippen LogP contribution in [0, 0.1) is 6.92 Å². The monoisotopic (exact) mass is 520 g/mol. The number of fused-ring (bicyclic) bond motifs is 5. The number of hydrogen-bond donors (Lipinski definition) is 1. The van der Waals surface area contributed by atoms with E-state index < -0.39 is 10.0 Å². The van der Waals surface area contributed by atoms with Gasteiger partial charge in [-0.2, -0.15) is 0 Å². The summed E-state index contributed by atoms with van der Waals surface area (Å²) in [6.07, 6.45) is 10.2. The Morgan fingerprint density at radius 1 is 0.865 bits per heavy atom. The summed E-state index contributed by atoms with van der Waals surface area (Å²) < 4.78 is 27.0. The van der Waals surface area contributed by atoms with Crippen LogP contribution in [0.4, 0.5) is 5.69 Å². The predicted molar refractivity (Wildman–Crippen MR) is 152 cm³/mol. The molecule has 0 bridgehead atoms. The number of piperidine rings is 1. The zero-order chi connectivity index (χ0) is 25.6. The van der Waals surface area contributed by atoms with Gasteiger partial charge in [-0.1, -0.05) is 43.9 Å². The van der Waals surface area contributed by atoms with Crippen LogP contribution in [0.3, 0.4) is 0 Å². The highest BCUT2D eigenvalue weighted by molar-refractivity contribution is 7.89. The summed E-state index contributed by atoms with van der Waals surface area (Å²) in [6, 6.07) is 12.4. The van der Waals surface area contributed by atoms with Crippen LogP contribution in [0.1, 0.15) is 68.4 Å². The molecule has 0 amide bonds. The molecule has 2 fully saturated rings. The SMILES string of the molecule is Cc1ccc2c(c1)N(CCN1CCCCC1)CCn1c-2c(C2CCCCC2)c2ccc(S(N)(=O)=O)cc21. The van der Waals surface area contributed by atoms with Gasteiger partial charge in [0.15, 0.2) is 0 Å².